The molecule has 0 saturated carbocycles. The first-order valence-electron chi connectivity index (χ1n) is 6.52. The normalized spacial score (nSPS) is 12.0. The Bertz CT molecular complexity index is 598. The maximum atomic E-state index is 11.7. The van der Waals surface area contributed by atoms with E-state index >= 15 is 0 Å². The van der Waals surface area contributed by atoms with E-state index < -0.39 is 0 Å². The number of carbonyl (C=O) groups excluding carboxylic acids is 1. The lowest BCUT2D eigenvalue weighted by atomic mass is 10.2. The van der Waals surface area contributed by atoms with Crippen molar-refractivity contribution in [3.05, 3.63) is 24.1 Å². The van der Waals surface area contributed by atoms with Crippen LogP contribution in [0.5, 0.6) is 0 Å². The standard InChI is InChI=1S/C14H19N3O3.ClH/c1-9(15)7-13(18)16-10-3-4-12-11(8-10)17-14(20-12)5-6-19-2;/h3-4,8-9H,5-7,15H2,1-2H3,(H,16,18);1H. The van der Waals surface area contributed by atoms with Gasteiger partial charge in [0.05, 0.1) is 6.61 Å². The molecular weight excluding hydrogens is 294 g/mol. The Kier molecular flexibility index (Phi) is 6.61. The number of fused-ring (bicyclic) bond motifs is 1. The van der Waals surface area contributed by atoms with E-state index in [1.54, 1.807) is 32.2 Å². The third-order valence-corrected chi connectivity index (χ3v) is 2.74. The Labute approximate surface area is 129 Å². The summed E-state index contributed by atoms with van der Waals surface area (Å²) in [5.41, 5.74) is 7.69. The van der Waals surface area contributed by atoms with Gasteiger partial charge in [-0.2, -0.15) is 0 Å². The fourth-order valence-electron chi connectivity index (χ4n) is 1.85. The van der Waals surface area contributed by atoms with Gasteiger partial charge in [0.25, 0.3) is 0 Å². The molecule has 0 aliphatic heterocycles. The van der Waals surface area contributed by atoms with Crippen molar-refractivity contribution in [1.29, 1.82) is 0 Å². The summed E-state index contributed by atoms with van der Waals surface area (Å²) in [6.07, 6.45) is 0.910. The van der Waals surface area contributed by atoms with E-state index in [1.807, 2.05) is 0 Å². The summed E-state index contributed by atoms with van der Waals surface area (Å²) in [5.74, 6) is 0.517. The summed E-state index contributed by atoms with van der Waals surface area (Å²) >= 11 is 0. The van der Waals surface area contributed by atoms with Crippen LogP contribution < -0.4 is 11.1 Å². The van der Waals surface area contributed by atoms with Crippen LogP contribution in [0.1, 0.15) is 19.2 Å². The Morgan fingerprint density at radius 1 is 1.52 bits per heavy atom. The van der Waals surface area contributed by atoms with Crippen LogP contribution in [0.15, 0.2) is 22.6 Å². The van der Waals surface area contributed by atoms with Gasteiger partial charge in [0, 0.05) is 31.7 Å². The van der Waals surface area contributed by atoms with Crippen molar-refractivity contribution in [2.75, 3.05) is 19.0 Å². The van der Waals surface area contributed by atoms with Gasteiger partial charge >= 0.3 is 0 Å². The van der Waals surface area contributed by atoms with Crippen LogP contribution in [0.2, 0.25) is 0 Å². The summed E-state index contributed by atoms with van der Waals surface area (Å²) in [4.78, 5) is 16.0. The molecule has 6 nitrogen and oxygen atoms in total. The highest BCUT2D eigenvalue weighted by atomic mass is 35.5. The molecule has 0 spiro atoms. The zero-order valence-electron chi connectivity index (χ0n) is 12.1. The minimum atomic E-state index is -0.161. The molecule has 0 aliphatic carbocycles. The number of hydrogen-bond acceptors (Lipinski definition) is 5. The Morgan fingerprint density at radius 3 is 2.95 bits per heavy atom. The molecule has 1 heterocycles. The predicted molar refractivity (Wildman–Crippen MR) is 83.7 cm³/mol. The second kappa shape index (κ2) is 7.97. The maximum absolute atomic E-state index is 11.7. The van der Waals surface area contributed by atoms with Crippen LogP contribution in [0.4, 0.5) is 5.69 Å². The third-order valence-electron chi connectivity index (χ3n) is 2.74. The van der Waals surface area contributed by atoms with E-state index in [4.69, 9.17) is 14.9 Å². The largest absolute Gasteiger partial charge is 0.441 e. The van der Waals surface area contributed by atoms with Crippen molar-refractivity contribution in [3.63, 3.8) is 0 Å². The number of aromatic nitrogens is 1. The van der Waals surface area contributed by atoms with Crippen LogP contribution >= 0.6 is 12.4 Å². The van der Waals surface area contributed by atoms with Gasteiger partial charge in [-0.15, -0.1) is 12.4 Å². The maximum Gasteiger partial charge on any atom is 0.225 e. The van der Waals surface area contributed by atoms with Crippen LogP contribution in [0, 0.1) is 0 Å². The number of ether oxygens (including phenoxy) is 1. The van der Waals surface area contributed by atoms with Crippen molar-refractivity contribution >= 4 is 35.1 Å². The van der Waals surface area contributed by atoms with E-state index in [2.05, 4.69) is 10.3 Å². The number of rotatable bonds is 6. The van der Waals surface area contributed by atoms with Gasteiger partial charge in [-0.05, 0) is 25.1 Å². The zero-order chi connectivity index (χ0) is 14.5. The van der Waals surface area contributed by atoms with E-state index in [9.17, 15) is 4.79 Å². The Hall–Kier alpha value is -1.63. The average molecular weight is 314 g/mol. The fraction of sp³-hybridized carbons (Fsp3) is 0.429. The summed E-state index contributed by atoms with van der Waals surface area (Å²) in [6, 6.07) is 5.20. The van der Waals surface area contributed by atoms with Gasteiger partial charge in [0.2, 0.25) is 5.91 Å². The number of amides is 1. The molecule has 0 radical (unpaired) electrons. The van der Waals surface area contributed by atoms with Crippen molar-refractivity contribution in [3.8, 4) is 0 Å². The minimum Gasteiger partial charge on any atom is -0.441 e. The second-order valence-corrected chi connectivity index (χ2v) is 4.76. The Balaban J connectivity index is 0.00000220. The van der Waals surface area contributed by atoms with Gasteiger partial charge < -0.3 is 20.2 Å². The highest BCUT2D eigenvalue weighted by Crippen LogP contribution is 2.20. The molecule has 7 heteroatoms. The number of hydrogen-bond donors (Lipinski definition) is 2. The first-order valence-corrected chi connectivity index (χ1v) is 6.52. The molecule has 1 atom stereocenters. The third kappa shape index (κ3) is 5.00. The molecule has 0 bridgehead atoms. The fourth-order valence-corrected chi connectivity index (χ4v) is 1.85. The quantitative estimate of drug-likeness (QED) is 0.852. The SMILES string of the molecule is COCCc1nc2cc(NC(=O)CC(C)N)ccc2o1.Cl. The highest BCUT2D eigenvalue weighted by molar-refractivity contribution is 5.93. The van der Waals surface area contributed by atoms with Crippen LogP contribution in [0.25, 0.3) is 11.1 Å². The molecule has 0 saturated heterocycles. The smallest absolute Gasteiger partial charge is 0.225 e. The van der Waals surface area contributed by atoms with Gasteiger partial charge in [0.1, 0.15) is 5.52 Å². The number of halogens is 1. The van der Waals surface area contributed by atoms with Crippen molar-refractivity contribution in [1.82, 2.24) is 4.98 Å². The molecular formula is C14H20ClN3O3. The summed E-state index contributed by atoms with van der Waals surface area (Å²) in [6.45, 7) is 2.35. The molecule has 21 heavy (non-hydrogen) atoms. The van der Waals surface area contributed by atoms with Crippen molar-refractivity contribution in [2.45, 2.75) is 25.8 Å². The number of nitrogens with zero attached hydrogens (tertiary/aromatic N) is 1. The van der Waals surface area contributed by atoms with E-state index in [0.29, 0.717) is 30.2 Å². The molecule has 2 aromatic rings. The molecule has 116 valence electrons. The number of benzene rings is 1. The molecule has 1 aromatic carbocycles. The number of nitrogens with one attached hydrogen (secondary N) is 1. The molecule has 1 aromatic heterocycles. The Morgan fingerprint density at radius 2 is 2.29 bits per heavy atom. The van der Waals surface area contributed by atoms with Gasteiger partial charge in [-0.25, -0.2) is 4.98 Å². The van der Waals surface area contributed by atoms with Crippen molar-refractivity contribution < 1.29 is 13.9 Å². The molecule has 1 unspecified atom stereocenters. The predicted octanol–water partition coefficient (Wildman–Crippen LogP) is 2.11. The van der Waals surface area contributed by atoms with E-state index in [-0.39, 0.29) is 30.8 Å². The molecule has 0 aliphatic rings. The van der Waals surface area contributed by atoms with Crippen LogP contribution in [-0.2, 0) is 16.0 Å². The first kappa shape index (κ1) is 17.4. The highest BCUT2D eigenvalue weighted by Gasteiger charge is 2.09. The number of nitrogens with two attached hydrogens (primary N) is 1. The monoisotopic (exact) mass is 313 g/mol. The number of anilines is 1. The summed E-state index contributed by atoms with van der Waals surface area (Å²) in [7, 11) is 1.63. The molecule has 2 rings (SSSR count). The second-order valence-electron chi connectivity index (χ2n) is 4.76. The lowest BCUT2D eigenvalue weighted by molar-refractivity contribution is -0.116. The first-order chi connectivity index (χ1) is 9.58. The lowest BCUT2D eigenvalue weighted by Crippen LogP contribution is -2.23. The van der Waals surface area contributed by atoms with Gasteiger partial charge in [-0.1, -0.05) is 0 Å². The van der Waals surface area contributed by atoms with Crippen LogP contribution in [0.3, 0.4) is 0 Å². The van der Waals surface area contributed by atoms with Gasteiger partial charge in [-0.3, -0.25) is 4.79 Å². The average Bonchev–Trinajstić information content (AvgIpc) is 2.77. The minimum absolute atomic E-state index is 0. The summed E-state index contributed by atoms with van der Waals surface area (Å²) in [5, 5.41) is 2.79. The summed E-state index contributed by atoms with van der Waals surface area (Å²) < 4.78 is 10.6. The number of oxazole rings is 1. The molecule has 0 fully saturated rings. The number of carbonyl (C=O) groups is 1. The zero-order valence-corrected chi connectivity index (χ0v) is 12.9. The van der Waals surface area contributed by atoms with E-state index in [0.717, 1.165) is 5.52 Å². The number of methoxy groups -OCH3 is 1. The van der Waals surface area contributed by atoms with Crippen molar-refractivity contribution in [2.24, 2.45) is 5.73 Å². The topological polar surface area (TPSA) is 90.4 Å². The molecule has 1 amide bonds. The van der Waals surface area contributed by atoms with Gasteiger partial charge in [0.15, 0.2) is 11.5 Å². The lowest BCUT2D eigenvalue weighted by Gasteiger charge is -2.06. The molecule has 3 N–H and O–H groups in total. The van der Waals surface area contributed by atoms with E-state index in [1.165, 1.54) is 0 Å². The van der Waals surface area contributed by atoms with Crippen LogP contribution in [-0.4, -0.2) is 30.6 Å².